The van der Waals surface area contributed by atoms with Crippen LogP contribution in [0.15, 0.2) is 71.1 Å². The maximum absolute atomic E-state index is 12.6. The zero-order valence-electron chi connectivity index (χ0n) is 18.0. The molecule has 0 radical (unpaired) electrons. The minimum absolute atomic E-state index is 0.0387. The lowest BCUT2D eigenvalue weighted by atomic mass is 10.0. The second-order valence-electron chi connectivity index (χ2n) is 7.94. The van der Waals surface area contributed by atoms with Crippen LogP contribution in [0.2, 0.25) is 0 Å². The van der Waals surface area contributed by atoms with Crippen LogP contribution in [0.25, 0.3) is 11.3 Å². The lowest BCUT2D eigenvalue weighted by molar-refractivity contribution is -0.121. The van der Waals surface area contributed by atoms with Crippen LogP contribution in [-0.2, 0) is 11.2 Å². The monoisotopic (exact) mass is 418 g/mol. The summed E-state index contributed by atoms with van der Waals surface area (Å²) in [5.41, 5.74) is 2.18. The molecule has 5 nitrogen and oxygen atoms in total. The number of likely N-dealkylation sites (tertiary alicyclic amines) is 1. The van der Waals surface area contributed by atoms with Crippen LogP contribution < -0.4 is 10.1 Å². The van der Waals surface area contributed by atoms with Crippen LogP contribution in [0.1, 0.15) is 36.6 Å². The number of amides is 1. The first kappa shape index (κ1) is 21.2. The Morgan fingerprint density at radius 2 is 1.77 bits per heavy atom. The van der Waals surface area contributed by atoms with E-state index in [1.807, 2.05) is 60.7 Å². The Morgan fingerprint density at radius 3 is 2.55 bits per heavy atom. The smallest absolute Gasteiger partial charge is 0.220 e. The van der Waals surface area contributed by atoms with E-state index in [4.69, 9.17) is 9.15 Å². The molecular weight excluding hydrogens is 388 g/mol. The molecule has 5 heteroatoms. The number of aryl methyl sites for hydroxylation is 1. The average molecular weight is 419 g/mol. The largest absolute Gasteiger partial charge is 0.496 e. The van der Waals surface area contributed by atoms with Gasteiger partial charge in [0.15, 0.2) is 0 Å². The number of nitrogens with zero attached hydrogens (tertiary/aromatic N) is 1. The fourth-order valence-electron chi connectivity index (χ4n) is 4.24. The fraction of sp³-hybridized carbons (Fsp3) is 0.346. The molecule has 2 aromatic carbocycles. The predicted octanol–water partition coefficient (Wildman–Crippen LogP) is 4.84. The molecule has 1 aliphatic heterocycles. The summed E-state index contributed by atoms with van der Waals surface area (Å²) in [4.78, 5) is 15.0. The molecule has 1 aromatic heterocycles. The summed E-state index contributed by atoms with van der Waals surface area (Å²) in [6.07, 6.45) is 3.38. The predicted molar refractivity (Wildman–Crippen MR) is 122 cm³/mol. The van der Waals surface area contributed by atoms with E-state index in [0.29, 0.717) is 19.4 Å². The minimum Gasteiger partial charge on any atom is -0.496 e. The molecule has 4 rings (SSSR count). The van der Waals surface area contributed by atoms with E-state index < -0.39 is 0 Å². The molecule has 1 atom stereocenters. The number of carbonyl (C=O) groups is 1. The van der Waals surface area contributed by atoms with Crippen LogP contribution in [0.5, 0.6) is 5.75 Å². The number of hydrogen-bond donors (Lipinski definition) is 1. The Hall–Kier alpha value is -3.05. The molecule has 0 aliphatic carbocycles. The number of furan rings is 1. The minimum atomic E-state index is 0.0387. The highest BCUT2D eigenvalue weighted by Crippen LogP contribution is 2.31. The van der Waals surface area contributed by atoms with Crippen molar-refractivity contribution in [1.29, 1.82) is 0 Å². The van der Waals surface area contributed by atoms with Crippen molar-refractivity contribution in [3.63, 3.8) is 0 Å². The molecule has 1 saturated heterocycles. The normalized spacial score (nSPS) is 15.0. The van der Waals surface area contributed by atoms with Gasteiger partial charge in [-0.05, 0) is 44.1 Å². The van der Waals surface area contributed by atoms with Gasteiger partial charge in [-0.25, -0.2) is 0 Å². The molecule has 31 heavy (non-hydrogen) atoms. The molecule has 3 aromatic rings. The maximum Gasteiger partial charge on any atom is 0.220 e. The van der Waals surface area contributed by atoms with Crippen LogP contribution in [0.4, 0.5) is 0 Å². The van der Waals surface area contributed by atoms with E-state index in [-0.39, 0.29) is 11.9 Å². The molecule has 1 amide bonds. The number of nitrogens with one attached hydrogen (secondary N) is 1. The average Bonchev–Trinajstić information content (AvgIpc) is 3.51. The third-order valence-electron chi connectivity index (χ3n) is 5.89. The number of ether oxygens (including phenoxy) is 1. The summed E-state index contributed by atoms with van der Waals surface area (Å²) in [6.45, 7) is 2.67. The number of benzene rings is 2. The molecule has 0 spiro atoms. The van der Waals surface area contributed by atoms with Crippen molar-refractivity contribution in [2.75, 3.05) is 26.7 Å². The van der Waals surface area contributed by atoms with Gasteiger partial charge >= 0.3 is 0 Å². The number of carbonyl (C=O) groups excluding carboxylic acids is 1. The van der Waals surface area contributed by atoms with Gasteiger partial charge in [0.05, 0.1) is 13.2 Å². The lowest BCUT2D eigenvalue weighted by Crippen LogP contribution is -2.37. The number of methoxy groups -OCH3 is 1. The number of rotatable bonds is 9. The van der Waals surface area contributed by atoms with Crippen LogP contribution in [-0.4, -0.2) is 37.6 Å². The van der Waals surface area contributed by atoms with Gasteiger partial charge in [0.2, 0.25) is 5.91 Å². The van der Waals surface area contributed by atoms with Crippen molar-refractivity contribution in [2.24, 2.45) is 0 Å². The Kier molecular flexibility index (Phi) is 7.05. The molecule has 0 unspecified atom stereocenters. The first-order valence-corrected chi connectivity index (χ1v) is 11.0. The highest BCUT2D eigenvalue weighted by atomic mass is 16.5. The molecule has 1 fully saturated rings. The van der Waals surface area contributed by atoms with Gasteiger partial charge in [-0.1, -0.05) is 48.5 Å². The zero-order valence-corrected chi connectivity index (χ0v) is 18.0. The molecular formula is C26H30N2O3. The van der Waals surface area contributed by atoms with E-state index in [1.165, 1.54) is 12.8 Å². The van der Waals surface area contributed by atoms with Gasteiger partial charge in [-0.2, -0.15) is 0 Å². The van der Waals surface area contributed by atoms with E-state index in [1.54, 1.807) is 7.11 Å². The van der Waals surface area contributed by atoms with Crippen molar-refractivity contribution in [2.45, 2.75) is 31.7 Å². The molecule has 162 valence electrons. The molecule has 1 aliphatic rings. The van der Waals surface area contributed by atoms with E-state index in [2.05, 4.69) is 16.3 Å². The quantitative estimate of drug-likeness (QED) is 0.540. The van der Waals surface area contributed by atoms with Crippen molar-refractivity contribution >= 4 is 5.91 Å². The standard InChI is InChI=1S/C26H30N2O3/c1-30-25-12-6-5-11-22(25)23(28-17-7-8-18-28)19-27-26(29)16-14-21-13-15-24(31-21)20-9-3-2-4-10-20/h2-6,9-13,15,23H,7-8,14,16-19H2,1H3,(H,27,29)/t23-/m0/s1. The van der Waals surface area contributed by atoms with Crippen LogP contribution >= 0.6 is 0 Å². The third-order valence-corrected chi connectivity index (χ3v) is 5.89. The topological polar surface area (TPSA) is 54.7 Å². The third kappa shape index (κ3) is 5.36. The van der Waals surface area contributed by atoms with Gasteiger partial charge in [0.1, 0.15) is 17.3 Å². The van der Waals surface area contributed by atoms with Gasteiger partial charge in [0, 0.05) is 30.5 Å². The highest BCUT2D eigenvalue weighted by Gasteiger charge is 2.26. The lowest BCUT2D eigenvalue weighted by Gasteiger charge is -2.29. The summed E-state index contributed by atoms with van der Waals surface area (Å²) in [7, 11) is 1.70. The number of para-hydroxylation sites is 1. The van der Waals surface area contributed by atoms with Crippen molar-refractivity contribution < 1.29 is 13.9 Å². The summed E-state index contributed by atoms with van der Waals surface area (Å²) < 4.78 is 11.5. The Labute approximate surface area is 184 Å². The Bertz CT molecular complexity index is 977. The van der Waals surface area contributed by atoms with Gasteiger partial charge in [0.25, 0.3) is 0 Å². The summed E-state index contributed by atoms with van der Waals surface area (Å²) in [5, 5.41) is 3.14. The highest BCUT2D eigenvalue weighted by molar-refractivity contribution is 5.76. The van der Waals surface area contributed by atoms with Gasteiger partial charge in [-0.3, -0.25) is 9.69 Å². The molecule has 0 bridgehead atoms. The van der Waals surface area contributed by atoms with Crippen molar-refractivity contribution in [3.8, 4) is 17.1 Å². The zero-order chi connectivity index (χ0) is 21.5. The van der Waals surface area contributed by atoms with Crippen LogP contribution in [0.3, 0.4) is 0 Å². The second-order valence-corrected chi connectivity index (χ2v) is 7.94. The SMILES string of the molecule is COc1ccccc1[C@H](CNC(=O)CCc1ccc(-c2ccccc2)o1)N1CCCC1. The van der Waals surface area contributed by atoms with Crippen molar-refractivity contribution in [1.82, 2.24) is 10.2 Å². The Balaban J connectivity index is 1.34. The number of hydrogen-bond acceptors (Lipinski definition) is 4. The summed E-state index contributed by atoms with van der Waals surface area (Å²) >= 11 is 0. The van der Waals surface area contributed by atoms with E-state index in [0.717, 1.165) is 41.5 Å². The van der Waals surface area contributed by atoms with Crippen molar-refractivity contribution in [3.05, 3.63) is 78.1 Å². The van der Waals surface area contributed by atoms with E-state index >= 15 is 0 Å². The van der Waals surface area contributed by atoms with Gasteiger partial charge < -0.3 is 14.5 Å². The second kappa shape index (κ2) is 10.3. The van der Waals surface area contributed by atoms with Crippen LogP contribution in [0, 0.1) is 0 Å². The Morgan fingerprint density at radius 1 is 1.03 bits per heavy atom. The first-order valence-electron chi connectivity index (χ1n) is 11.0. The van der Waals surface area contributed by atoms with E-state index in [9.17, 15) is 4.79 Å². The van der Waals surface area contributed by atoms with Gasteiger partial charge in [-0.15, -0.1) is 0 Å². The molecule has 2 heterocycles. The molecule has 1 N–H and O–H groups in total. The summed E-state index contributed by atoms with van der Waals surface area (Å²) in [6, 6.07) is 22.1. The first-order chi connectivity index (χ1) is 15.2. The summed E-state index contributed by atoms with van der Waals surface area (Å²) in [5.74, 6) is 2.57. The molecule has 0 saturated carbocycles. The fourth-order valence-corrected chi connectivity index (χ4v) is 4.24. The maximum atomic E-state index is 12.6.